The molecule has 1 aromatic carbocycles. The summed E-state index contributed by atoms with van der Waals surface area (Å²) in [5.74, 6) is 0.144. The van der Waals surface area contributed by atoms with Crippen molar-refractivity contribution in [2.45, 2.75) is 19.0 Å². The molecule has 0 aromatic heterocycles. The number of ether oxygens (including phenoxy) is 1. The van der Waals surface area contributed by atoms with Crippen LogP contribution in [0.15, 0.2) is 29.4 Å². The zero-order valence-corrected chi connectivity index (χ0v) is 9.60. The Bertz CT molecular complexity index is 400. The van der Waals surface area contributed by atoms with Crippen LogP contribution in [-0.2, 0) is 11.3 Å². The van der Waals surface area contributed by atoms with Crippen LogP contribution in [0.5, 0.6) is 0 Å². The molecule has 2 rings (SSSR count). The van der Waals surface area contributed by atoms with E-state index >= 15 is 0 Å². The van der Waals surface area contributed by atoms with E-state index in [9.17, 15) is 0 Å². The van der Waals surface area contributed by atoms with Crippen molar-refractivity contribution in [2.24, 2.45) is 10.9 Å². The molecule has 1 saturated heterocycles. The highest BCUT2D eigenvalue weighted by Gasteiger charge is 2.15. The maximum Gasteiger partial charge on any atom is 0.170 e. The van der Waals surface area contributed by atoms with Gasteiger partial charge in [-0.2, -0.15) is 0 Å². The summed E-state index contributed by atoms with van der Waals surface area (Å²) in [4.78, 5) is 0. The number of amidine groups is 1. The number of nitrogens with zero attached hydrogens (tertiary/aromatic N) is 1. The largest absolute Gasteiger partial charge is 0.409 e. The summed E-state index contributed by atoms with van der Waals surface area (Å²) in [7, 11) is 0. The molecule has 0 spiro atoms. The SMILES string of the molecule is N/C(=N/O)c1ccccc1CNC1CCOC1. The molecular weight excluding hydrogens is 218 g/mol. The van der Waals surface area contributed by atoms with Gasteiger partial charge in [-0.05, 0) is 12.0 Å². The molecule has 0 amide bonds. The third-order valence-electron chi connectivity index (χ3n) is 2.91. The molecule has 1 aliphatic rings. The monoisotopic (exact) mass is 235 g/mol. The molecule has 4 N–H and O–H groups in total. The summed E-state index contributed by atoms with van der Waals surface area (Å²) in [6.45, 7) is 2.27. The van der Waals surface area contributed by atoms with Crippen molar-refractivity contribution < 1.29 is 9.94 Å². The number of hydrogen-bond acceptors (Lipinski definition) is 4. The van der Waals surface area contributed by atoms with Gasteiger partial charge in [-0.25, -0.2) is 0 Å². The van der Waals surface area contributed by atoms with E-state index in [1.807, 2.05) is 24.3 Å². The van der Waals surface area contributed by atoms with Gasteiger partial charge in [0.05, 0.1) is 6.61 Å². The highest BCUT2D eigenvalue weighted by atomic mass is 16.5. The van der Waals surface area contributed by atoms with Crippen LogP contribution in [-0.4, -0.2) is 30.3 Å². The molecule has 5 heteroatoms. The average molecular weight is 235 g/mol. The summed E-state index contributed by atoms with van der Waals surface area (Å²) < 4.78 is 5.29. The molecular formula is C12H17N3O2. The normalized spacial score (nSPS) is 20.7. The molecule has 5 nitrogen and oxygen atoms in total. The van der Waals surface area contributed by atoms with Crippen molar-refractivity contribution in [1.82, 2.24) is 5.32 Å². The van der Waals surface area contributed by atoms with E-state index in [0.29, 0.717) is 12.6 Å². The van der Waals surface area contributed by atoms with Crippen molar-refractivity contribution in [3.63, 3.8) is 0 Å². The van der Waals surface area contributed by atoms with Crippen LogP contribution in [0, 0.1) is 0 Å². The van der Waals surface area contributed by atoms with Crippen LogP contribution in [0.2, 0.25) is 0 Å². The first-order valence-corrected chi connectivity index (χ1v) is 5.68. The Morgan fingerprint density at radius 2 is 2.35 bits per heavy atom. The molecule has 0 aliphatic carbocycles. The minimum Gasteiger partial charge on any atom is -0.409 e. The van der Waals surface area contributed by atoms with Crippen molar-refractivity contribution in [2.75, 3.05) is 13.2 Å². The van der Waals surface area contributed by atoms with Crippen molar-refractivity contribution >= 4 is 5.84 Å². The lowest BCUT2D eigenvalue weighted by atomic mass is 10.1. The van der Waals surface area contributed by atoms with Crippen LogP contribution in [0.25, 0.3) is 0 Å². The molecule has 1 unspecified atom stereocenters. The standard InChI is InChI=1S/C12H17N3O2/c13-12(15-16)11-4-2-1-3-9(11)7-14-10-5-6-17-8-10/h1-4,10,14,16H,5-8H2,(H2,13,15). The van der Waals surface area contributed by atoms with E-state index in [0.717, 1.165) is 30.8 Å². The summed E-state index contributed by atoms with van der Waals surface area (Å²) in [5, 5.41) is 15.2. The second-order valence-electron chi connectivity index (χ2n) is 4.08. The van der Waals surface area contributed by atoms with Gasteiger partial charge in [-0.15, -0.1) is 0 Å². The van der Waals surface area contributed by atoms with Crippen LogP contribution in [0.1, 0.15) is 17.5 Å². The number of oxime groups is 1. The van der Waals surface area contributed by atoms with Gasteiger partial charge in [0.25, 0.3) is 0 Å². The zero-order valence-electron chi connectivity index (χ0n) is 9.60. The van der Waals surface area contributed by atoms with Crippen LogP contribution in [0.4, 0.5) is 0 Å². The third-order valence-corrected chi connectivity index (χ3v) is 2.91. The fourth-order valence-electron chi connectivity index (χ4n) is 1.93. The van der Waals surface area contributed by atoms with Crippen molar-refractivity contribution in [3.05, 3.63) is 35.4 Å². The average Bonchev–Trinajstić information content (AvgIpc) is 2.89. The lowest BCUT2D eigenvalue weighted by Gasteiger charge is -2.13. The van der Waals surface area contributed by atoms with Gasteiger partial charge in [0.1, 0.15) is 0 Å². The fourth-order valence-corrected chi connectivity index (χ4v) is 1.93. The Morgan fingerprint density at radius 3 is 3.06 bits per heavy atom. The third kappa shape index (κ3) is 2.95. The molecule has 0 radical (unpaired) electrons. The Balaban J connectivity index is 2.04. The minimum atomic E-state index is 0.144. The van der Waals surface area contributed by atoms with Gasteiger partial charge in [0.2, 0.25) is 0 Å². The molecule has 17 heavy (non-hydrogen) atoms. The molecule has 1 aliphatic heterocycles. The van der Waals surface area contributed by atoms with E-state index in [4.69, 9.17) is 15.7 Å². The van der Waals surface area contributed by atoms with Crippen LogP contribution >= 0.6 is 0 Å². The molecule has 1 heterocycles. The lowest BCUT2D eigenvalue weighted by molar-refractivity contribution is 0.190. The van der Waals surface area contributed by atoms with Gasteiger partial charge in [0.15, 0.2) is 5.84 Å². The highest BCUT2D eigenvalue weighted by Crippen LogP contribution is 2.10. The molecule has 1 atom stereocenters. The quantitative estimate of drug-likeness (QED) is 0.310. The maximum absolute atomic E-state index is 8.71. The van der Waals surface area contributed by atoms with Crippen molar-refractivity contribution in [3.8, 4) is 0 Å². The number of hydrogen-bond donors (Lipinski definition) is 3. The van der Waals surface area contributed by atoms with Gasteiger partial charge >= 0.3 is 0 Å². The smallest absolute Gasteiger partial charge is 0.170 e. The Morgan fingerprint density at radius 1 is 1.53 bits per heavy atom. The number of benzene rings is 1. The van der Waals surface area contributed by atoms with Crippen LogP contribution in [0.3, 0.4) is 0 Å². The highest BCUT2D eigenvalue weighted by molar-refractivity contribution is 5.98. The summed E-state index contributed by atoms with van der Waals surface area (Å²) in [6.07, 6.45) is 1.03. The second-order valence-corrected chi connectivity index (χ2v) is 4.08. The van der Waals surface area contributed by atoms with Gasteiger partial charge in [-0.3, -0.25) is 0 Å². The van der Waals surface area contributed by atoms with Gasteiger partial charge in [0, 0.05) is 24.8 Å². The van der Waals surface area contributed by atoms with E-state index in [2.05, 4.69) is 10.5 Å². The van der Waals surface area contributed by atoms with Gasteiger partial charge < -0.3 is 21.0 Å². The second kappa shape index (κ2) is 5.65. The Labute approximate surface area is 100 Å². The molecule has 0 saturated carbocycles. The molecule has 1 aromatic rings. The van der Waals surface area contributed by atoms with E-state index in [1.165, 1.54) is 0 Å². The summed E-state index contributed by atoms with van der Waals surface area (Å²) in [6, 6.07) is 8.02. The topological polar surface area (TPSA) is 79.9 Å². The van der Waals surface area contributed by atoms with E-state index < -0.39 is 0 Å². The zero-order chi connectivity index (χ0) is 12.1. The summed E-state index contributed by atoms with van der Waals surface area (Å²) >= 11 is 0. The number of nitrogens with two attached hydrogens (primary N) is 1. The van der Waals surface area contributed by atoms with E-state index in [1.54, 1.807) is 0 Å². The number of rotatable bonds is 4. The van der Waals surface area contributed by atoms with E-state index in [-0.39, 0.29) is 5.84 Å². The first kappa shape index (κ1) is 11.9. The van der Waals surface area contributed by atoms with Gasteiger partial charge in [-0.1, -0.05) is 29.4 Å². The molecule has 92 valence electrons. The molecule has 1 fully saturated rings. The maximum atomic E-state index is 8.71. The molecule has 0 bridgehead atoms. The first-order valence-electron chi connectivity index (χ1n) is 5.68. The number of nitrogens with one attached hydrogen (secondary N) is 1. The summed E-state index contributed by atoms with van der Waals surface area (Å²) in [5.41, 5.74) is 7.41. The first-order chi connectivity index (χ1) is 8.31. The Hall–Kier alpha value is -1.59. The van der Waals surface area contributed by atoms with Crippen molar-refractivity contribution in [1.29, 1.82) is 0 Å². The predicted molar refractivity (Wildman–Crippen MR) is 65.0 cm³/mol. The lowest BCUT2D eigenvalue weighted by Crippen LogP contribution is -2.29. The predicted octanol–water partition coefficient (Wildman–Crippen LogP) is 0.660. The Kier molecular flexibility index (Phi) is 3.95. The fraction of sp³-hybridized carbons (Fsp3) is 0.417. The minimum absolute atomic E-state index is 0.144. The van der Waals surface area contributed by atoms with Crippen LogP contribution < -0.4 is 11.1 Å².